The van der Waals surface area contributed by atoms with Crippen LogP contribution < -0.4 is 5.32 Å². The number of nitrogens with one attached hydrogen (secondary N) is 1. The van der Waals surface area contributed by atoms with E-state index in [1.807, 2.05) is 18.2 Å². The van der Waals surface area contributed by atoms with Crippen molar-refractivity contribution >= 4 is 11.6 Å². The van der Waals surface area contributed by atoms with Gasteiger partial charge in [-0.25, -0.2) is 0 Å². The lowest BCUT2D eigenvalue weighted by Crippen LogP contribution is -2.29. The number of amides is 1. The fraction of sp³-hybridized carbons (Fsp3) is 0.429. The molecule has 1 aliphatic heterocycles. The second-order valence-electron chi connectivity index (χ2n) is 5.50. The molecule has 1 atom stereocenters. The summed E-state index contributed by atoms with van der Waals surface area (Å²) in [6.07, 6.45) is 0.515. The Bertz CT molecular complexity index is 506. The van der Waals surface area contributed by atoms with E-state index in [9.17, 15) is 4.79 Å². The summed E-state index contributed by atoms with van der Waals surface area (Å²) in [7, 11) is 0. The zero-order valence-corrected chi connectivity index (χ0v) is 10.4. The molecule has 0 fully saturated rings. The van der Waals surface area contributed by atoms with Crippen LogP contribution in [0.1, 0.15) is 31.9 Å². The van der Waals surface area contributed by atoms with E-state index in [0.717, 1.165) is 11.3 Å². The predicted molar refractivity (Wildman–Crippen MR) is 66.6 cm³/mol. The van der Waals surface area contributed by atoms with Gasteiger partial charge in [0.25, 0.3) is 0 Å². The second kappa shape index (κ2) is 3.89. The van der Waals surface area contributed by atoms with Crippen molar-refractivity contribution in [3.63, 3.8) is 0 Å². The Morgan fingerprint density at radius 2 is 2.12 bits per heavy atom. The summed E-state index contributed by atoms with van der Waals surface area (Å²) in [6.45, 7) is 6.45. The maximum Gasteiger partial charge on any atom is 0.242 e. The summed E-state index contributed by atoms with van der Waals surface area (Å²) >= 11 is 0. The summed E-state index contributed by atoms with van der Waals surface area (Å²) in [6, 6.07) is 8.10. The number of anilines is 1. The first kappa shape index (κ1) is 11.7. The third kappa shape index (κ3) is 2.16. The highest BCUT2D eigenvalue weighted by Crippen LogP contribution is 2.30. The van der Waals surface area contributed by atoms with Crippen LogP contribution in [0.25, 0.3) is 0 Å². The van der Waals surface area contributed by atoms with E-state index in [2.05, 4.69) is 32.2 Å². The van der Waals surface area contributed by atoms with E-state index in [0.29, 0.717) is 6.42 Å². The van der Waals surface area contributed by atoms with Gasteiger partial charge >= 0.3 is 0 Å². The molecule has 1 aromatic rings. The average Bonchev–Trinajstić information content (AvgIpc) is 2.26. The third-order valence-corrected chi connectivity index (χ3v) is 3.13. The van der Waals surface area contributed by atoms with Crippen molar-refractivity contribution in [2.45, 2.75) is 32.6 Å². The number of nitriles is 1. The fourth-order valence-corrected chi connectivity index (χ4v) is 1.99. The Kier molecular flexibility index (Phi) is 2.66. The topological polar surface area (TPSA) is 52.9 Å². The fourth-order valence-electron chi connectivity index (χ4n) is 1.99. The van der Waals surface area contributed by atoms with Crippen molar-refractivity contribution in [1.82, 2.24) is 0 Å². The molecular formula is C14H16N2O. The zero-order valence-electron chi connectivity index (χ0n) is 10.4. The minimum atomic E-state index is -0.558. The zero-order chi connectivity index (χ0) is 12.6. The molecule has 2 rings (SSSR count). The van der Waals surface area contributed by atoms with Crippen LogP contribution in [0.2, 0.25) is 0 Å². The average molecular weight is 228 g/mol. The largest absolute Gasteiger partial charge is 0.325 e. The number of fused-ring (bicyclic) bond motifs is 1. The number of hydrogen-bond acceptors (Lipinski definition) is 2. The van der Waals surface area contributed by atoms with Gasteiger partial charge in [-0.15, -0.1) is 0 Å². The molecule has 0 bridgehead atoms. The van der Waals surface area contributed by atoms with Gasteiger partial charge in [0.05, 0.1) is 6.07 Å². The molecule has 17 heavy (non-hydrogen) atoms. The van der Waals surface area contributed by atoms with E-state index in [1.165, 1.54) is 5.56 Å². The monoisotopic (exact) mass is 228 g/mol. The van der Waals surface area contributed by atoms with Crippen LogP contribution in [0, 0.1) is 17.2 Å². The van der Waals surface area contributed by atoms with E-state index >= 15 is 0 Å². The van der Waals surface area contributed by atoms with Crippen molar-refractivity contribution in [2.24, 2.45) is 5.92 Å². The summed E-state index contributed by atoms with van der Waals surface area (Å²) in [5, 5.41) is 11.7. The molecule has 3 nitrogen and oxygen atoms in total. The molecule has 1 aliphatic rings. The standard InChI is InChI=1S/C14H16N2O/c1-14(2,3)11-4-5-12-9(7-11)6-10(8-15)13(17)16-12/h4-5,7,10H,6H2,1-3H3,(H,16,17). The van der Waals surface area contributed by atoms with Gasteiger partial charge < -0.3 is 5.32 Å². The number of carbonyl (C=O) groups is 1. The van der Waals surface area contributed by atoms with Crippen LogP contribution in [0.15, 0.2) is 18.2 Å². The molecule has 0 aromatic heterocycles. The summed E-state index contributed by atoms with van der Waals surface area (Å²) in [4.78, 5) is 11.5. The number of rotatable bonds is 0. The Morgan fingerprint density at radius 1 is 1.41 bits per heavy atom. The quantitative estimate of drug-likeness (QED) is 0.742. The van der Waals surface area contributed by atoms with Gasteiger partial charge in [0.15, 0.2) is 0 Å². The summed E-state index contributed by atoms with van der Waals surface area (Å²) in [5.41, 5.74) is 3.21. The smallest absolute Gasteiger partial charge is 0.242 e. The highest BCUT2D eigenvalue weighted by Gasteiger charge is 2.27. The Morgan fingerprint density at radius 3 is 2.71 bits per heavy atom. The highest BCUT2D eigenvalue weighted by atomic mass is 16.1. The number of hydrogen-bond donors (Lipinski definition) is 1. The lowest BCUT2D eigenvalue weighted by atomic mass is 9.83. The summed E-state index contributed by atoms with van der Waals surface area (Å²) in [5.74, 6) is -0.749. The molecule has 0 saturated heterocycles. The normalized spacial score (nSPS) is 19.2. The van der Waals surface area contributed by atoms with Crippen LogP contribution in [-0.2, 0) is 16.6 Å². The van der Waals surface area contributed by atoms with Crippen molar-refractivity contribution in [1.29, 1.82) is 5.26 Å². The van der Waals surface area contributed by atoms with Gasteiger partial charge in [-0.3, -0.25) is 4.79 Å². The number of benzene rings is 1. The number of nitrogens with zero attached hydrogens (tertiary/aromatic N) is 1. The van der Waals surface area contributed by atoms with Crippen molar-refractivity contribution in [3.05, 3.63) is 29.3 Å². The third-order valence-electron chi connectivity index (χ3n) is 3.13. The summed E-state index contributed by atoms with van der Waals surface area (Å²) < 4.78 is 0. The van der Waals surface area contributed by atoms with Gasteiger partial charge in [-0.2, -0.15) is 5.26 Å². The van der Waals surface area contributed by atoms with Gasteiger partial charge in [0.1, 0.15) is 5.92 Å². The lowest BCUT2D eigenvalue weighted by Gasteiger charge is -2.25. The Balaban J connectivity index is 2.41. The SMILES string of the molecule is CC(C)(C)c1ccc2c(c1)CC(C#N)C(=O)N2. The molecule has 0 spiro atoms. The predicted octanol–water partition coefficient (Wildman–Crippen LogP) is 2.62. The van der Waals surface area contributed by atoms with E-state index < -0.39 is 5.92 Å². The molecular weight excluding hydrogens is 212 g/mol. The molecule has 0 radical (unpaired) electrons. The minimum Gasteiger partial charge on any atom is -0.325 e. The molecule has 88 valence electrons. The molecule has 1 N–H and O–H groups in total. The molecule has 0 aliphatic carbocycles. The first-order valence-electron chi connectivity index (χ1n) is 5.75. The van der Waals surface area contributed by atoms with Gasteiger partial charge in [0, 0.05) is 5.69 Å². The number of carbonyl (C=O) groups excluding carboxylic acids is 1. The molecule has 0 saturated carbocycles. The van der Waals surface area contributed by atoms with E-state index in [1.54, 1.807) is 0 Å². The maximum atomic E-state index is 11.5. The molecule has 1 amide bonds. The Hall–Kier alpha value is -1.82. The highest BCUT2D eigenvalue weighted by molar-refractivity contribution is 5.97. The first-order valence-corrected chi connectivity index (χ1v) is 5.75. The van der Waals surface area contributed by atoms with Gasteiger partial charge in [0.2, 0.25) is 5.91 Å². The lowest BCUT2D eigenvalue weighted by molar-refractivity contribution is -0.118. The maximum absolute atomic E-state index is 11.5. The molecule has 1 unspecified atom stereocenters. The molecule has 3 heteroatoms. The molecule has 1 aromatic carbocycles. The van der Waals surface area contributed by atoms with Crippen molar-refractivity contribution < 1.29 is 4.79 Å². The van der Waals surface area contributed by atoms with Gasteiger partial charge in [-0.1, -0.05) is 32.9 Å². The van der Waals surface area contributed by atoms with Crippen LogP contribution >= 0.6 is 0 Å². The molecule has 1 heterocycles. The van der Waals surface area contributed by atoms with E-state index in [4.69, 9.17) is 5.26 Å². The van der Waals surface area contributed by atoms with Gasteiger partial charge in [-0.05, 0) is 29.0 Å². The van der Waals surface area contributed by atoms with Crippen LogP contribution in [-0.4, -0.2) is 5.91 Å². The minimum absolute atomic E-state index is 0.0820. The second-order valence-corrected chi connectivity index (χ2v) is 5.50. The Labute approximate surface area is 101 Å². The van der Waals surface area contributed by atoms with Crippen LogP contribution in [0.5, 0.6) is 0 Å². The van der Waals surface area contributed by atoms with Crippen LogP contribution in [0.3, 0.4) is 0 Å². The van der Waals surface area contributed by atoms with Crippen molar-refractivity contribution in [3.8, 4) is 6.07 Å². The first-order chi connectivity index (χ1) is 7.91. The van der Waals surface area contributed by atoms with E-state index in [-0.39, 0.29) is 11.3 Å². The van der Waals surface area contributed by atoms with Crippen LogP contribution in [0.4, 0.5) is 5.69 Å². The van der Waals surface area contributed by atoms with Crippen molar-refractivity contribution in [2.75, 3.05) is 5.32 Å².